The van der Waals surface area contributed by atoms with Crippen molar-refractivity contribution in [2.75, 3.05) is 19.6 Å². The summed E-state index contributed by atoms with van der Waals surface area (Å²) in [6.07, 6.45) is 3.43. The zero-order valence-corrected chi connectivity index (χ0v) is 15.3. The Labute approximate surface area is 157 Å². The number of carbonyl (C=O) groups excluding carboxylic acids is 1. The number of rotatable bonds is 4. The number of benzene rings is 1. The average molecular weight is 377 g/mol. The summed E-state index contributed by atoms with van der Waals surface area (Å²) in [5, 5.41) is 4.58. The van der Waals surface area contributed by atoms with E-state index in [1.165, 1.54) is 6.07 Å². The first-order valence-corrected chi connectivity index (χ1v) is 9.41. The fraction of sp³-hybridized carbons (Fsp3) is 0.474. The number of amides is 1. The summed E-state index contributed by atoms with van der Waals surface area (Å²) >= 11 is 5.80. The van der Waals surface area contributed by atoms with Crippen molar-refractivity contribution in [3.05, 3.63) is 52.6 Å². The fourth-order valence-electron chi connectivity index (χ4n) is 3.96. The topological polar surface area (TPSA) is 41.4 Å². The lowest BCUT2D eigenvalue weighted by atomic mass is 10.1. The highest BCUT2D eigenvalue weighted by Gasteiger charge is 2.28. The van der Waals surface area contributed by atoms with Gasteiger partial charge in [-0.25, -0.2) is 4.39 Å². The van der Waals surface area contributed by atoms with Gasteiger partial charge in [0.1, 0.15) is 5.82 Å². The van der Waals surface area contributed by atoms with E-state index in [2.05, 4.69) is 10.00 Å². The highest BCUT2D eigenvalue weighted by molar-refractivity contribution is 6.30. The van der Waals surface area contributed by atoms with Gasteiger partial charge in [-0.3, -0.25) is 14.4 Å². The number of hydrogen-bond acceptors (Lipinski definition) is 3. The molecule has 1 atom stereocenters. The average Bonchev–Trinajstić information content (AvgIpc) is 3.17. The molecule has 0 N–H and O–H groups in total. The maximum atomic E-state index is 13.8. The Morgan fingerprint density at radius 1 is 1.27 bits per heavy atom. The van der Waals surface area contributed by atoms with E-state index in [-0.39, 0.29) is 16.7 Å². The van der Waals surface area contributed by atoms with E-state index in [0.717, 1.165) is 50.4 Å². The second-order valence-electron chi connectivity index (χ2n) is 7.23. The molecule has 1 aromatic heterocycles. The van der Waals surface area contributed by atoms with Gasteiger partial charge < -0.3 is 4.90 Å². The molecule has 5 nitrogen and oxygen atoms in total. The fourth-order valence-corrected chi connectivity index (χ4v) is 4.08. The van der Waals surface area contributed by atoms with Crippen LogP contribution in [-0.4, -0.2) is 45.1 Å². The van der Waals surface area contributed by atoms with Crippen LogP contribution in [0.25, 0.3) is 0 Å². The molecule has 2 aliphatic heterocycles. The number of aromatic nitrogens is 2. The van der Waals surface area contributed by atoms with Crippen molar-refractivity contribution >= 4 is 17.5 Å². The Kier molecular flexibility index (Phi) is 4.96. The molecule has 1 amide bonds. The van der Waals surface area contributed by atoms with Gasteiger partial charge >= 0.3 is 0 Å². The van der Waals surface area contributed by atoms with Gasteiger partial charge in [-0.1, -0.05) is 17.7 Å². The lowest BCUT2D eigenvalue weighted by Crippen LogP contribution is -2.37. The molecular formula is C19H22ClFN4O. The van der Waals surface area contributed by atoms with Crippen LogP contribution in [0.1, 0.15) is 24.1 Å². The molecule has 0 aliphatic carbocycles. The van der Waals surface area contributed by atoms with E-state index in [0.29, 0.717) is 18.9 Å². The smallest absolute Gasteiger partial charge is 0.222 e. The molecule has 0 spiro atoms. The number of fused-ring (bicyclic) bond motifs is 1. The molecule has 138 valence electrons. The normalized spacial score (nSPS) is 21.1. The van der Waals surface area contributed by atoms with Crippen LogP contribution in [0.5, 0.6) is 0 Å². The van der Waals surface area contributed by atoms with Gasteiger partial charge in [0, 0.05) is 57.8 Å². The van der Waals surface area contributed by atoms with E-state index in [4.69, 9.17) is 11.6 Å². The molecule has 3 heterocycles. The summed E-state index contributed by atoms with van der Waals surface area (Å²) in [6, 6.07) is 7.00. The third kappa shape index (κ3) is 3.76. The van der Waals surface area contributed by atoms with Gasteiger partial charge in [0.2, 0.25) is 5.91 Å². The highest BCUT2D eigenvalue weighted by atomic mass is 35.5. The van der Waals surface area contributed by atoms with Gasteiger partial charge in [0.25, 0.3) is 0 Å². The van der Waals surface area contributed by atoms with Crippen LogP contribution >= 0.6 is 11.6 Å². The number of halogens is 2. The number of nitrogens with zero attached hydrogens (tertiary/aromatic N) is 4. The van der Waals surface area contributed by atoms with E-state index < -0.39 is 0 Å². The Morgan fingerprint density at radius 2 is 2.15 bits per heavy atom. The first kappa shape index (κ1) is 17.5. The quantitative estimate of drug-likeness (QED) is 0.823. The van der Waals surface area contributed by atoms with Crippen LogP contribution in [0.2, 0.25) is 5.02 Å². The predicted octanol–water partition coefficient (Wildman–Crippen LogP) is 2.93. The molecule has 0 bridgehead atoms. The molecule has 2 aliphatic rings. The molecule has 0 unspecified atom stereocenters. The van der Waals surface area contributed by atoms with Crippen molar-refractivity contribution < 1.29 is 9.18 Å². The summed E-state index contributed by atoms with van der Waals surface area (Å²) in [5.41, 5.74) is 2.05. The third-order valence-corrected chi connectivity index (χ3v) is 5.48. The summed E-state index contributed by atoms with van der Waals surface area (Å²) in [7, 11) is 0. The number of carbonyl (C=O) groups is 1. The Balaban J connectivity index is 1.51. The van der Waals surface area contributed by atoms with Crippen molar-refractivity contribution in [1.82, 2.24) is 19.6 Å². The van der Waals surface area contributed by atoms with Crippen molar-refractivity contribution in [3.8, 4) is 0 Å². The molecule has 4 rings (SSSR count). The number of likely N-dealkylation sites (tertiary alicyclic amines) is 1. The van der Waals surface area contributed by atoms with Crippen molar-refractivity contribution in [3.63, 3.8) is 0 Å². The first-order valence-electron chi connectivity index (χ1n) is 9.03. The van der Waals surface area contributed by atoms with Crippen LogP contribution in [0.15, 0.2) is 30.5 Å². The van der Waals surface area contributed by atoms with Gasteiger partial charge in [-0.15, -0.1) is 0 Å². The summed E-state index contributed by atoms with van der Waals surface area (Å²) in [6.45, 7) is 4.65. The van der Waals surface area contributed by atoms with Gasteiger partial charge in [0.05, 0.1) is 10.7 Å². The monoisotopic (exact) mass is 376 g/mol. The van der Waals surface area contributed by atoms with Gasteiger partial charge in [0.15, 0.2) is 0 Å². The minimum atomic E-state index is -0.386. The minimum absolute atomic E-state index is 0.146. The molecule has 1 aromatic carbocycles. The lowest BCUT2D eigenvalue weighted by molar-refractivity contribution is -0.128. The molecule has 0 saturated carbocycles. The molecule has 1 saturated heterocycles. The maximum absolute atomic E-state index is 13.8. The van der Waals surface area contributed by atoms with E-state index in [1.807, 2.05) is 27.9 Å². The summed E-state index contributed by atoms with van der Waals surface area (Å²) in [5.74, 6) is 0.167. The highest BCUT2D eigenvalue weighted by Crippen LogP contribution is 2.22. The summed E-state index contributed by atoms with van der Waals surface area (Å²) in [4.78, 5) is 16.3. The largest absolute Gasteiger partial charge is 0.342 e. The first-order chi connectivity index (χ1) is 12.6. The molecule has 0 radical (unpaired) electrons. The SMILES string of the molecule is O=C1CCCN1C[C@H]1CN(Cc2ccc(Cl)c(F)c2)Cc2ccnn2C1. The van der Waals surface area contributed by atoms with Crippen LogP contribution in [0, 0.1) is 11.7 Å². The second-order valence-corrected chi connectivity index (χ2v) is 7.64. The van der Waals surface area contributed by atoms with E-state index in [1.54, 1.807) is 6.07 Å². The Hall–Kier alpha value is -1.92. The zero-order valence-electron chi connectivity index (χ0n) is 14.6. The van der Waals surface area contributed by atoms with Crippen LogP contribution in [0.3, 0.4) is 0 Å². The maximum Gasteiger partial charge on any atom is 0.222 e. The number of hydrogen-bond donors (Lipinski definition) is 0. The standard InChI is InChI=1S/C19H22ClFN4O/c20-17-4-3-14(8-18(17)21)9-23-10-15(11-24-7-1-2-19(24)26)12-25-16(13-23)5-6-22-25/h3-6,8,15H,1-2,7,9-13H2/t15-/m1/s1. The summed E-state index contributed by atoms with van der Waals surface area (Å²) < 4.78 is 15.8. The van der Waals surface area contributed by atoms with Crippen LogP contribution in [-0.2, 0) is 24.4 Å². The molecule has 2 aromatic rings. The van der Waals surface area contributed by atoms with Crippen molar-refractivity contribution in [1.29, 1.82) is 0 Å². The zero-order chi connectivity index (χ0) is 18.1. The molecule has 1 fully saturated rings. The van der Waals surface area contributed by atoms with E-state index >= 15 is 0 Å². The molecular weight excluding hydrogens is 355 g/mol. The minimum Gasteiger partial charge on any atom is -0.342 e. The Bertz CT molecular complexity index is 809. The van der Waals surface area contributed by atoms with Crippen LogP contribution < -0.4 is 0 Å². The van der Waals surface area contributed by atoms with Crippen LogP contribution in [0.4, 0.5) is 4.39 Å². The molecule has 26 heavy (non-hydrogen) atoms. The molecule has 7 heteroatoms. The van der Waals surface area contributed by atoms with E-state index in [9.17, 15) is 9.18 Å². The van der Waals surface area contributed by atoms with Gasteiger partial charge in [-0.2, -0.15) is 5.10 Å². The van der Waals surface area contributed by atoms with Gasteiger partial charge in [-0.05, 0) is 30.2 Å². The third-order valence-electron chi connectivity index (χ3n) is 5.18. The Morgan fingerprint density at radius 3 is 2.92 bits per heavy atom. The predicted molar refractivity (Wildman–Crippen MR) is 97.1 cm³/mol. The lowest BCUT2D eigenvalue weighted by Gasteiger charge is -2.27. The second kappa shape index (κ2) is 7.37. The van der Waals surface area contributed by atoms with Crippen molar-refractivity contribution in [2.45, 2.75) is 32.5 Å². The van der Waals surface area contributed by atoms with Crippen molar-refractivity contribution in [2.24, 2.45) is 5.92 Å².